The lowest BCUT2D eigenvalue weighted by atomic mass is 10.1. The van der Waals surface area contributed by atoms with Crippen LogP contribution in [0, 0.1) is 18.8 Å². The summed E-state index contributed by atoms with van der Waals surface area (Å²) in [6, 6.07) is 7.24. The largest absolute Gasteiger partial charge is 0.321 e. The van der Waals surface area contributed by atoms with E-state index in [1.807, 2.05) is 25.1 Å². The minimum atomic E-state index is -0.250. The number of nitrogens with one attached hydrogen (secondary N) is 1. The molecule has 0 saturated heterocycles. The third-order valence-electron chi connectivity index (χ3n) is 2.59. The Hall–Kier alpha value is -2.71. The quantitative estimate of drug-likeness (QED) is 0.804. The van der Waals surface area contributed by atoms with Gasteiger partial charge in [-0.1, -0.05) is 17.9 Å². The predicted molar refractivity (Wildman–Crippen MR) is 77.1 cm³/mol. The maximum absolute atomic E-state index is 12.1. The molecular weight excluding hydrogens is 252 g/mol. The highest BCUT2D eigenvalue weighted by atomic mass is 16.1. The van der Waals surface area contributed by atoms with E-state index in [9.17, 15) is 4.79 Å². The van der Waals surface area contributed by atoms with E-state index >= 15 is 0 Å². The highest BCUT2D eigenvalue weighted by molar-refractivity contribution is 6.04. The molecule has 0 spiro atoms. The number of benzene rings is 1. The van der Waals surface area contributed by atoms with Crippen molar-refractivity contribution in [2.24, 2.45) is 5.73 Å². The highest BCUT2D eigenvalue weighted by Crippen LogP contribution is 2.17. The lowest BCUT2D eigenvalue weighted by Gasteiger charge is -2.08. The molecule has 1 aromatic heterocycles. The number of hydrogen-bond donors (Lipinski definition) is 2. The van der Waals surface area contributed by atoms with Crippen molar-refractivity contribution in [3.05, 3.63) is 53.3 Å². The molecule has 2 aromatic rings. The van der Waals surface area contributed by atoms with E-state index in [2.05, 4.69) is 27.4 Å². The zero-order valence-electron chi connectivity index (χ0n) is 11.1. The van der Waals surface area contributed by atoms with Gasteiger partial charge in [-0.05, 0) is 30.7 Å². The minimum Gasteiger partial charge on any atom is -0.321 e. The molecule has 1 heterocycles. The molecule has 20 heavy (non-hydrogen) atoms. The van der Waals surface area contributed by atoms with Crippen LogP contribution in [0.2, 0.25) is 0 Å². The van der Waals surface area contributed by atoms with Crippen molar-refractivity contribution in [2.45, 2.75) is 6.92 Å². The standard InChI is InChI=1S/C15H14N4O/c1-11-4-5-14(12(9-11)3-2-7-16)19-15(20)13-6-8-17-18-10-13/h4-6,8-10H,7,16H2,1H3,(H,19,20). The molecule has 0 aliphatic carbocycles. The Labute approximate surface area is 117 Å². The van der Waals surface area contributed by atoms with E-state index in [0.717, 1.165) is 11.1 Å². The second-order valence-corrected chi connectivity index (χ2v) is 4.14. The van der Waals surface area contributed by atoms with Gasteiger partial charge in [0.1, 0.15) is 0 Å². The third-order valence-corrected chi connectivity index (χ3v) is 2.59. The molecule has 0 saturated carbocycles. The Bertz CT molecular complexity index is 671. The van der Waals surface area contributed by atoms with Crippen LogP contribution in [-0.2, 0) is 0 Å². The number of nitrogens with two attached hydrogens (primary N) is 1. The van der Waals surface area contributed by atoms with Crippen LogP contribution in [0.5, 0.6) is 0 Å². The van der Waals surface area contributed by atoms with Gasteiger partial charge in [0.05, 0.1) is 30.2 Å². The molecular formula is C15H14N4O. The molecule has 0 aliphatic rings. The number of hydrogen-bond acceptors (Lipinski definition) is 4. The maximum Gasteiger partial charge on any atom is 0.257 e. The van der Waals surface area contributed by atoms with Crippen LogP contribution in [0.3, 0.4) is 0 Å². The van der Waals surface area contributed by atoms with Gasteiger partial charge in [0, 0.05) is 5.56 Å². The van der Waals surface area contributed by atoms with Gasteiger partial charge in [0.2, 0.25) is 0 Å². The molecule has 3 N–H and O–H groups in total. The summed E-state index contributed by atoms with van der Waals surface area (Å²) < 4.78 is 0. The Balaban J connectivity index is 2.27. The molecule has 5 nitrogen and oxygen atoms in total. The first-order valence-corrected chi connectivity index (χ1v) is 6.08. The molecule has 0 atom stereocenters. The summed E-state index contributed by atoms with van der Waals surface area (Å²) in [5.74, 6) is 5.49. The van der Waals surface area contributed by atoms with Crippen LogP contribution < -0.4 is 11.1 Å². The van der Waals surface area contributed by atoms with Gasteiger partial charge >= 0.3 is 0 Å². The molecule has 0 fully saturated rings. The van der Waals surface area contributed by atoms with Crippen LogP contribution in [0.1, 0.15) is 21.5 Å². The molecule has 1 amide bonds. The van der Waals surface area contributed by atoms with Crippen molar-refractivity contribution in [2.75, 3.05) is 11.9 Å². The van der Waals surface area contributed by atoms with E-state index in [4.69, 9.17) is 5.73 Å². The summed E-state index contributed by atoms with van der Waals surface area (Å²) >= 11 is 0. The molecule has 2 rings (SSSR count). The van der Waals surface area contributed by atoms with Crippen molar-refractivity contribution >= 4 is 11.6 Å². The number of nitrogens with zero attached hydrogens (tertiary/aromatic N) is 2. The SMILES string of the molecule is Cc1ccc(NC(=O)c2ccnnc2)c(C#CCN)c1. The second-order valence-electron chi connectivity index (χ2n) is 4.14. The Kier molecular flexibility index (Phi) is 4.43. The number of aryl methyl sites for hydroxylation is 1. The van der Waals surface area contributed by atoms with Crippen molar-refractivity contribution in [1.82, 2.24) is 10.2 Å². The molecule has 0 radical (unpaired) electrons. The molecule has 100 valence electrons. The summed E-state index contributed by atoms with van der Waals surface area (Å²) in [6.07, 6.45) is 2.88. The summed E-state index contributed by atoms with van der Waals surface area (Å²) in [4.78, 5) is 12.1. The average Bonchev–Trinajstić information content (AvgIpc) is 2.48. The predicted octanol–water partition coefficient (Wildman–Crippen LogP) is 1.35. The maximum atomic E-state index is 12.1. The number of carbonyl (C=O) groups excluding carboxylic acids is 1. The zero-order valence-corrected chi connectivity index (χ0v) is 11.1. The van der Waals surface area contributed by atoms with Gasteiger partial charge in [0.25, 0.3) is 5.91 Å². The molecule has 0 unspecified atom stereocenters. The summed E-state index contributed by atoms with van der Waals surface area (Å²) in [5, 5.41) is 10.1. The molecule has 5 heteroatoms. The van der Waals surface area contributed by atoms with Gasteiger partial charge in [-0.15, -0.1) is 0 Å². The number of amides is 1. The Morgan fingerprint density at radius 3 is 2.90 bits per heavy atom. The topological polar surface area (TPSA) is 80.9 Å². The van der Waals surface area contributed by atoms with E-state index in [0.29, 0.717) is 11.3 Å². The fourth-order valence-electron chi connectivity index (χ4n) is 1.64. The summed E-state index contributed by atoms with van der Waals surface area (Å²) in [7, 11) is 0. The summed E-state index contributed by atoms with van der Waals surface area (Å²) in [6.45, 7) is 2.24. The number of rotatable bonds is 2. The molecule has 0 bridgehead atoms. The van der Waals surface area contributed by atoms with Gasteiger partial charge in [0.15, 0.2) is 0 Å². The number of carbonyl (C=O) groups is 1. The van der Waals surface area contributed by atoms with Crippen LogP contribution >= 0.6 is 0 Å². The second kappa shape index (κ2) is 6.45. The first-order chi connectivity index (χ1) is 9.70. The fourth-order valence-corrected chi connectivity index (χ4v) is 1.64. The Morgan fingerprint density at radius 2 is 2.20 bits per heavy atom. The van der Waals surface area contributed by atoms with Crippen molar-refractivity contribution < 1.29 is 4.79 Å². The Morgan fingerprint density at radius 1 is 1.35 bits per heavy atom. The van der Waals surface area contributed by atoms with Crippen molar-refractivity contribution in [1.29, 1.82) is 0 Å². The van der Waals surface area contributed by atoms with Gasteiger partial charge in [-0.25, -0.2) is 0 Å². The highest BCUT2D eigenvalue weighted by Gasteiger charge is 2.08. The minimum absolute atomic E-state index is 0.250. The van der Waals surface area contributed by atoms with Gasteiger partial charge in [-0.2, -0.15) is 10.2 Å². The summed E-state index contributed by atoms with van der Waals surface area (Å²) in [5.41, 5.74) is 8.28. The molecule has 0 aliphatic heterocycles. The lowest BCUT2D eigenvalue weighted by molar-refractivity contribution is 0.102. The van der Waals surface area contributed by atoms with E-state index in [1.165, 1.54) is 12.4 Å². The lowest BCUT2D eigenvalue weighted by Crippen LogP contribution is -2.13. The first-order valence-electron chi connectivity index (χ1n) is 6.08. The van der Waals surface area contributed by atoms with Crippen molar-refractivity contribution in [3.8, 4) is 11.8 Å². The fraction of sp³-hybridized carbons (Fsp3) is 0.133. The van der Waals surface area contributed by atoms with E-state index in [-0.39, 0.29) is 12.5 Å². The molecule has 1 aromatic carbocycles. The monoisotopic (exact) mass is 266 g/mol. The normalized spacial score (nSPS) is 9.50. The smallest absolute Gasteiger partial charge is 0.257 e. The van der Waals surface area contributed by atoms with E-state index in [1.54, 1.807) is 6.07 Å². The van der Waals surface area contributed by atoms with Crippen LogP contribution in [-0.4, -0.2) is 22.6 Å². The van der Waals surface area contributed by atoms with Gasteiger partial charge in [-0.3, -0.25) is 4.79 Å². The number of anilines is 1. The first kappa shape index (κ1) is 13.7. The van der Waals surface area contributed by atoms with Crippen LogP contribution in [0.15, 0.2) is 36.7 Å². The van der Waals surface area contributed by atoms with Crippen LogP contribution in [0.4, 0.5) is 5.69 Å². The third kappa shape index (κ3) is 3.40. The number of aromatic nitrogens is 2. The van der Waals surface area contributed by atoms with E-state index < -0.39 is 0 Å². The van der Waals surface area contributed by atoms with Crippen LogP contribution in [0.25, 0.3) is 0 Å². The zero-order chi connectivity index (χ0) is 14.4. The average molecular weight is 266 g/mol. The van der Waals surface area contributed by atoms with Gasteiger partial charge < -0.3 is 11.1 Å². The van der Waals surface area contributed by atoms with Crippen molar-refractivity contribution in [3.63, 3.8) is 0 Å².